The molecule has 0 saturated heterocycles. The van der Waals surface area contributed by atoms with Gasteiger partial charge in [0.25, 0.3) is 6.43 Å². The van der Waals surface area contributed by atoms with Crippen molar-refractivity contribution in [2.24, 2.45) is 0 Å². The molecule has 0 aromatic carbocycles. The van der Waals surface area contributed by atoms with Crippen molar-refractivity contribution in [1.29, 1.82) is 0 Å². The summed E-state index contributed by atoms with van der Waals surface area (Å²) in [6, 6.07) is 3.07. The molecule has 0 bridgehead atoms. The highest BCUT2D eigenvalue weighted by Crippen LogP contribution is 2.27. The van der Waals surface area contributed by atoms with Crippen molar-refractivity contribution in [2.45, 2.75) is 33.7 Å². The molecule has 0 saturated carbocycles. The number of aromatic nitrogens is 5. The SMILES string of the molecule is CCn1cc(-c2cc(C(F)F)n3nc(C)cc3n2)c(C)n1. The van der Waals surface area contributed by atoms with E-state index in [4.69, 9.17) is 0 Å². The Morgan fingerprint density at radius 1 is 1.19 bits per heavy atom. The van der Waals surface area contributed by atoms with E-state index in [0.29, 0.717) is 17.0 Å². The standard InChI is InChI=1S/C14H15F2N5/c1-4-20-7-10(9(3)19-20)11-6-12(14(15)16)21-13(17-11)5-8(2)18-21/h5-7,14H,4H2,1-3H3. The molecule has 0 atom stereocenters. The van der Waals surface area contributed by atoms with Crippen LogP contribution in [0, 0.1) is 13.8 Å². The second-order valence-corrected chi connectivity index (χ2v) is 4.91. The summed E-state index contributed by atoms with van der Waals surface area (Å²) in [5.74, 6) is 0. The third-order valence-electron chi connectivity index (χ3n) is 3.35. The molecule has 110 valence electrons. The Bertz CT molecular complexity index is 803. The van der Waals surface area contributed by atoms with Gasteiger partial charge in [-0.05, 0) is 26.8 Å². The van der Waals surface area contributed by atoms with Crippen LogP contribution in [0.25, 0.3) is 16.9 Å². The maximum absolute atomic E-state index is 13.3. The average Bonchev–Trinajstić information content (AvgIpc) is 2.98. The zero-order valence-electron chi connectivity index (χ0n) is 12.0. The third kappa shape index (κ3) is 2.28. The van der Waals surface area contributed by atoms with E-state index in [9.17, 15) is 8.78 Å². The van der Waals surface area contributed by atoms with Crippen LogP contribution >= 0.6 is 0 Å². The number of hydrogen-bond acceptors (Lipinski definition) is 3. The van der Waals surface area contributed by atoms with Gasteiger partial charge in [0, 0.05) is 24.4 Å². The summed E-state index contributed by atoms with van der Waals surface area (Å²) in [5, 5.41) is 8.40. The van der Waals surface area contributed by atoms with Crippen LogP contribution in [-0.4, -0.2) is 24.4 Å². The molecule has 0 N–H and O–H groups in total. The molecule has 21 heavy (non-hydrogen) atoms. The molecule has 0 fully saturated rings. The zero-order chi connectivity index (χ0) is 15.1. The Labute approximate surface area is 120 Å². The van der Waals surface area contributed by atoms with Gasteiger partial charge in [0.05, 0.1) is 17.1 Å². The van der Waals surface area contributed by atoms with E-state index in [-0.39, 0.29) is 5.69 Å². The minimum atomic E-state index is -2.62. The highest BCUT2D eigenvalue weighted by molar-refractivity contribution is 5.64. The summed E-state index contributed by atoms with van der Waals surface area (Å²) in [5.41, 5.74) is 2.94. The molecule has 5 nitrogen and oxygen atoms in total. The van der Waals surface area contributed by atoms with Gasteiger partial charge in [-0.25, -0.2) is 18.3 Å². The average molecular weight is 291 g/mol. The lowest BCUT2D eigenvalue weighted by Crippen LogP contribution is -2.02. The molecule has 0 spiro atoms. The normalized spacial score (nSPS) is 11.7. The van der Waals surface area contributed by atoms with Crippen LogP contribution in [0.5, 0.6) is 0 Å². The highest BCUT2D eigenvalue weighted by Gasteiger charge is 2.18. The first-order chi connectivity index (χ1) is 9.99. The van der Waals surface area contributed by atoms with Crippen LogP contribution in [-0.2, 0) is 6.54 Å². The van der Waals surface area contributed by atoms with Gasteiger partial charge in [-0.15, -0.1) is 0 Å². The lowest BCUT2D eigenvalue weighted by molar-refractivity contribution is 0.143. The zero-order valence-corrected chi connectivity index (χ0v) is 12.0. The molecule has 0 radical (unpaired) electrons. The van der Waals surface area contributed by atoms with Gasteiger partial charge in [-0.2, -0.15) is 10.2 Å². The van der Waals surface area contributed by atoms with Gasteiger partial charge in [0.15, 0.2) is 5.65 Å². The number of halogens is 2. The summed E-state index contributed by atoms with van der Waals surface area (Å²) < 4.78 is 29.5. The molecule has 0 amide bonds. The molecule has 0 aliphatic heterocycles. The van der Waals surface area contributed by atoms with Crippen LogP contribution in [0.3, 0.4) is 0 Å². The fourth-order valence-electron chi connectivity index (χ4n) is 2.34. The Balaban J connectivity index is 2.25. The van der Waals surface area contributed by atoms with Crippen molar-refractivity contribution < 1.29 is 8.78 Å². The van der Waals surface area contributed by atoms with Crippen molar-refractivity contribution >= 4 is 5.65 Å². The van der Waals surface area contributed by atoms with Gasteiger partial charge < -0.3 is 0 Å². The molecule has 3 rings (SSSR count). The topological polar surface area (TPSA) is 48.0 Å². The minimum absolute atomic E-state index is 0.160. The van der Waals surface area contributed by atoms with Crippen LogP contribution in [0.4, 0.5) is 8.78 Å². The van der Waals surface area contributed by atoms with Gasteiger partial charge in [-0.1, -0.05) is 0 Å². The largest absolute Gasteiger partial charge is 0.280 e. The van der Waals surface area contributed by atoms with Crippen molar-refractivity contribution in [2.75, 3.05) is 0 Å². The molecule has 0 aliphatic rings. The first kappa shape index (κ1) is 13.7. The smallest absolute Gasteiger partial charge is 0.272 e. The van der Waals surface area contributed by atoms with E-state index in [1.807, 2.05) is 20.0 Å². The Morgan fingerprint density at radius 2 is 1.95 bits per heavy atom. The van der Waals surface area contributed by atoms with Gasteiger partial charge in [0.1, 0.15) is 5.69 Å². The van der Waals surface area contributed by atoms with Gasteiger partial charge in [-0.3, -0.25) is 4.68 Å². The van der Waals surface area contributed by atoms with Crippen LogP contribution in [0.2, 0.25) is 0 Å². The summed E-state index contributed by atoms with van der Waals surface area (Å²) in [6.45, 7) is 6.29. The Kier molecular flexibility index (Phi) is 3.19. The number of fused-ring (bicyclic) bond motifs is 1. The molecule has 3 heterocycles. The molecule has 7 heteroatoms. The number of nitrogens with zero attached hydrogens (tertiary/aromatic N) is 5. The predicted molar refractivity (Wildman–Crippen MR) is 74.3 cm³/mol. The number of aryl methyl sites for hydroxylation is 3. The Morgan fingerprint density at radius 3 is 2.57 bits per heavy atom. The second kappa shape index (κ2) is 4.91. The first-order valence-corrected chi connectivity index (χ1v) is 6.69. The maximum atomic E-state index is 13.3. The molecule has 0 unspecified atom stereocenters. The summed E-state index contributed by atoms with van der Waals surface area (Å²) in [4.78, 5) is 4.43. The lowest BCUT2D eigenvalue weighted by Gasteiger charge is -2.06. The highest BCUT2D eigenvalue weighted by atomic mass is 19.3. The lowest BCUT2D eigenvalue weighted by atomic mass is 10.1. The molecular weight excluding hydrogens is 276 g/mol. The van der Waals surface area contributed by atoms with Gasteiger partial charge in [0.2, 0.25) is 0 Å². The molecule has 3 aromatic rings. The van der Waals surface area contributed by atoms with Crippen molar-refractivity contribution in [3.63, 3.8) is 0 Å². The Hall–Kier alpha value is -2.31. The maximum Gasteiger partial charge on any atom is 0.280 e. The second-order valence-electron chi connectivity index (χ2n) is 4.91. The number of alkyl halides is 2. The monoisotopic (exact) mass is 291 g/mol. The van der Waals surface area contributed by atoms with E-state index in [2.05, 4.69) is 15.2 Å². The first-order valence-electron chi connectivity index (χ1n) is 6.69. The molecule has 0 aliphatic carbocycles. The summed E-state index contributed by atoms with van der Waals surface area (Å²) in [7, 11) is 0. The van der Waals surface area contributed by atoms with Crippen molar-refractivity contribution in [1.82, 2.24) is 24.4 Å². The van der Waals surface area contributed by atoms with E-state index >= 15 is 0 Å². The fraction of sp³-hybridized carbons (Fsp3) is 0.357. The van der Waals surface area contributed by atoms with Crippen molar-refractivity contribution in [3.05, 3.63) is 35.4 Å². The molecular formula is C14H15F2N5. The minimum Gasteiger partial charge on any atom is -0.272 e. The van der Waals surface area contributed by atoms with Gasteiger partial charge >= 0.3 is 0 Å². The predicted octanol–water partition coefficient (Wildman–Crippen LogP) is 3.17. The number of rotatable bonds is 3. The fourth-order valence-corrected chi connectivity index (χ4v) is 2.34. The van der Waals surface area contributed by atoms with Crippen molar-refractivity contribution in [3.8, 4) is 11.3 Å². The number of hydrogen-bond donors (Lipinski definition) is 0. The molecule has 3 aromatic heterocycles. The summed E-state index contributed by atoms with van der Waals surface area (Å²) in [6.07, 6.45) is -0.790. The van der Waals surface area contributed by atoms with Crippen LogP contribution in [0.15, 0.2) is 18.3 Å². The van der Waals surface area contributed by atoms with E-state index in [1.54, 1.807) is 17.7 Å². The van der Waals surface area contributed by atoms with E-state index in [1.165, 1.54) is 10.6 Å². The van der Waals surface area contributed by atoms with E-state index in [0.717, 1.165) is 17.8 Å². The summed E-state index contributed by atoms with van der Waals surface area (Å²) >= 11 is 0. The van der Waals surface area contributed by atoms with Crippen LogP contribution < -0.4 is 0 Å². The van der Waals surface area contributed by atoms with E-state index < -0.39 is 6.43 Å². The quantitative estimate of drug-likeness (QED) is 0.744. The van der Waals surface area contributed by atoms with Crippen LogP contribution in [0.1, 0.15) is 30.4 Å². The third-order valence-corrected chi connectivity index (χ3v) is 3.35.